The minimum absolute atomic E-state index is 0.0741. The maximum absolute atomic E-state index is 5.01. The summed E-state index contributed by atoms with van der Waals surface area (Å²) in [6.07, 6.45) is 2.92. The van der Waals surface area contributed by atoms with E-state index in [2.05, 4.69) is 55.2 Å². The smallest absolute Gasteiger partial charge is 0.0744 e. The maximum atomic E-state index is 5.01. The van der Waals surface area contributed by atoms with Crippen LogP contribution in [-0.4, -0.2) is 16.2 Å². The van der Waals surface area contributed by atoms with E-state index in [9.17, 15) is 0 Å². The molecule has 1 aromatic heterocycles. The first-order valence-corrected chi connectivity index (χ1v) is 7.66. The second kappa shape index (κ2) is 4.77. The first kappa shape index (κ1) is 13.2. The van der Waals surface area contributed by atoms with Crippen molar-refractivity contribution < 1.29 is 0 Å². The average molecular weight is 286 g/mol. The van der Waals surface area contributed by atoms with E-state index in [0.717, 1.165) is 28.6 Å². The quantitative estimate of drug-likeness (QED) is 0.650. The van der Waals surface area contributed by atoms with Crippen LogP contribution in [0.15, 0.2) is 65.8 Å². The normalized spacial score (nSPS) is 16.2. The molecule has 0 saturated heterocycles. The molecule has 0 saturated carbocycles. The van der Waals surface area contributed by atoms with Crippen molar-refractivity contribution in [3.05, 3.63) is 77.5 Å². The number of aliphatic imine (C=N–C) groups is 1. The minimum Gasteiger partial charge on any atom is -0.278 e. The largest absolute Gasteiger partial charge is 0.278 e. The van der Waals surface area contributed by atoms with Gasteiger partial charge in [-0.1, -0.05) is 42.5 Å². The Morgan fingerprint density at radius 2 is 1.73 bits per heavy atom. The third-order valence-electron chi connectivity index (χ3n) is 4.17. The Hall–Kier alpha value is -2.48. The van der Waals surface area contributed by atoms with Gasteiger partial charge in [0.15, 0.2) is 0 Å². The molecule has 0 aliphatic carbocycles. The van der Waals surface area contributed by atoms with Gasteiger partial charge in [-0.15, -0.1) is 0 Å². The van der Waals surface area contributed by atoms with Gasteiger partial charge in [0.25, 0.3) is 0 Å². The van der Waals surface area contributed by atoms with Crippen molar-refractivity contribution >= 4 is 16.6 Å². The Morgan fingerprint density at radius 3 is 2.64 bits per heavy atom. The fraction of sp³-hybridized carbons (Fsp3) is 0.200. The zero-order chi connectivity index (χ0) is 15.2. The van der Waals surface area contributed by atoms with Crippen LogP contribution in [0.5, 0.6) is 0 Å². The molecule has 108 valence electrons. The molecule has 0 bridgehead atoms. The van der Waals surface area contributed by atoms with Crippen molar-refractivity contribution in [3.63, 3.8) is 0 Å². The van der Waals surface area contributed by atoms with Gasteiger partial charge in [-0.05, 0) is 38.0 Å². The Kier molecular flexibility index (Phi) is 2.86. The summed E-state index contributed by atoms with van der Waals surface area (Å²) in [6.45, 7) is 4.38. The molecule has 2 aromatic carbocycles. The fourth-order valence-electron chi connectivity index (χ4n) is 3.19. The van der Waals surface area contributed by atoms with Crippen LogP contribution in [0.4, 0.5) is 0 Å². The summed E-state index contributed by atoms with van der Waals surface area (Å²) in [5.41, 5.74) is 5.71. The average Bonchev–Trinajstić information content (AvgIpc) is 2.53. The molecule has 3 aromatic rings. The van der Waals surface area contributed by atoms with Crippen molar-refractivity contribution in [2.75, 3.05) is 0 Å². The Morgan fingerprint density at radius 1 is 0.955 bits per heavy atom. The monoisotopic (exact) mass is 286 g/mol. The van der Waals surface area contributed by atoms with Crippen LogP contribution in [0.2, 0.25) is 0 Å². The van der Waals surface area contributed by atoms with Crippen LogP contribution in [0.3, 0.4) is 0 Å². The number of hydrogen-bond donors (Lipinski definition) is 0. The second-order valence-electron chi connectivity index (χ2n) is 6.52. The molecule has 4 rings (SSSR count). The maximum Gasteiger partial charge on any atom is 0.0744 e. The summed E-state index contributed by atoms with van der Waals surface area (Å²) in [6, 6.07) is 19.0. The molecule has 1 aliphatic rings. The molecule has 0 fully saturated rings. The third-order valence-corrected chi connectivity index (χ3v) is 4.17. The molecule has 22 heavy (non-hydrogen) atoms. The number of nitrogens with zero attached hydrogens (tertiary/aromatic N) is 2. The lowest BCUT2D eigenvalue weighted by Crippen LogP contribution is -2.29. The van der Waals surface area contributed by atoms with Gasteiger partial charge < -0.3 is 0 Å². The summed E-state index contributed by atoms with van der Waals surface area (Å²) < 4.78 is 0. The van der Waals surface area contributed by atoms with Crippen molar-refractivity contribution in [1.82, 2.24) is 4.98 Å². The molecule has 0 atom stereocenters. The lowest BCUT2D eigenvalue weighted by Gasteiger charge is -2.29. The molecule has 0 spiro atoms. The highest BCUT2D eigenvalue weighted by Gasteiger charge is 2.27. The van der Waals surface area contributed by atoms with Crippen LogP contribution in [0.1, 0.15) is 30.5 Å². The molecular weight excluding hydrogens is 268 g/mol. The van der Waals surface area contributed by atoms with E-state index in [-0.39, 0.29) is 5.54 Å². The van der Waals surface area contributed by atoms with E-state index >= 15 is 0 Å². The molecule has 0 N–H and O–H groups in total. The van der Waals surface area contributed by atoms with Gasteiger partial charge in [-0.3, -0.25) is 9.98 Å². The molecular formula is C20H18N2. The highest BCUT2D eigenvalue weighted by Crippen LogP contribution is 2.29. The van der Waals surface area contributed by atoms with Gasteiger partial charge in [0, 0.05) is 22.7 Å². The molecule has 0 amide bonds. The number of aromatic nitrogens is 1. The minimum atomic E-state index is -0.0741. The highest BCUT2D eigenvalue weighted by molar-refractivity contribution is 6.15. The number of hydrogen-bond acceptors (Lipinski definition) is 2. The van der Waals surface area contributed by atoms with Crippen LogP contribution in [-0.2, 0) is 6.42 Å². The fourth-order valence-corrected chi connectivity index (χ4v) is 3.19. The molecule has 2 heterocycles. The standard InChI is InChI=1S/C20H18N2/c1-20(2)12-15-8-3-5-9-17(15)19(22-20)16-11-14-7-4-6-10-18(14)21-13-16/h3-11,13H,12H2,1-2H3. The SMILES string of the molecule is CC1(C)Cc2ccccc2C(c2cnc3ccccc3c2)=N1. The van der Waals surface area contributed by atoms with Gasteiger partial charge in [-0.25, -0.2) is 0 Å². The zero-order valence-corrected chi connectivity index (χ0v) is 12.9. The summed E-state index contributed by atoms with van der Waals surface area (Å²) in [5.74, 6) is 0. The van der Waals surface area contributed by atoms with E-state index in [1.165, 1.54) is 11.1 Å². The summed E-state index contributed by atoms with van der Waals surface area (Å²) in [5, 5.41) is 1.16. The first-order valence-electron chi connectivity index (χ1n) is 7.66. The first-order chi connectivity index (χ1) is 10.6. The van der Waals surface area contributed by atoms with E-state index in [4.69, 9.17) is 4.99 Å². The molecule has 1 aliphatic heterocycles. The van der Waals surface area contributed by atoms with Crippen LogP contribution < -0.4 is 0 Å². The second-order valence-corrected chi connectivity index (χ2v) is 6.52. The predicted octanol–water partition coefficient (Wildman–Crippen LogP) is 4.41. The van der Waals surface area contributed by atoms with E-state index in [1.807, 2.05) is 24.4 Å². The van der Waals surface area contributed by atoms with Gasteiger partial charge >= 0.3 is 0 Å². The number of benzene rings is 2. The van der Waals surface area contributed by atoms with E-state index in [1.54, 1.807) is 0 Å². The van der Waals surface area contributed by atoms with Gasteiger partial charge in [0.2, 0.25) is 0 Å². The zero-order valence-electron chi connectivity index (χ0n) is 12.9. The van der Waals surface area contributed by atoms with E-state index < -0.39 is 0 Å². The number of pyridine rings is 1. The van der Waals surface area contributed by atoms with Crippen LogP contribution in [0, 0.1) is 0 Å². The highest BCUT2D eigenvalue weighted by atomic mass is 14.9. The number of fused-ring (bicyclic) bond motifs is 2. The molecule has 2 heteroatoms. The van der Waals surface area contributed by atoms with Gasteiger partial charge in [0.1, 0.15) is 0 Å². The van der Waals surface area contributed by atoms with Crippen LogP contribution >= 0.6 is 0 Å². The summed E-state index contributed by atoms with van der Waals surface area (Å²) >= 11 is 0. The van der Waals surface area contributed by atoms with Crippen LogP contribution in [0.25, 0.3) is 10.9 Å². The molecule has 0 radical (unpaired) electrons. The summed E-state index contributed by atoms with van der Waals surface area (Å²) in [4.78, 5) is 9.61. The predicted molar refractivity (Wildman–Crippen MR) is 91.6 cm³/mol. The number of rotatable bonds is 1. The van der Waals surface area contributed by atoms with Gasteiger partial charge in [0.05, 0.1) is 16.8 Å². The van der Waals surface area contributed by atoms with E-state index in [0.29, 0.717) is 0 Å². The lowest BCUT2D eigenvalue weighted by atomic mass is 9.85. The van der Waals surface area contributed by atoms with Crippen molar-refractivity contribution in [2.45, 2.75) is 25.8 Å². The van der Waals surface area contributed by atoms with Gasteiger partial charge in [-0.2, -0.15) is 0 Å². The Bertz CT molecular complexity index is 891. The summed E-state index contributed by atoms with van der Waals surface area (Å²) in [7, 11) is 0. The topological polar surface area (TPSA) is 25.2 Å². The Labute approximate surface area is 130 Å². The van der Waals surface area contributed by atoms with Crippen molar-refractivity contribution in [1.29, 1.82) is 0 Å². The third kappa shape index (κ3) is 2.21. The number of para-hydroxylation sites is 1. The van der Waals surface area contributed by atoms with Crippen molar-refractivity contribution in [2.24, 2.45) is 4.99 Å². The lowest BCUT2D eigenvalue weighted by molar-refractivity contribution is 0.513. The molecule has 2 nitrogen and oxygen atoms in total. The Balaban J connectivity index is 1.93. The van der Waals surface area contributed by atoms with Crippen molar-refractivity contribution in [3.8, 4) is 0 Å². The molecule has 0 unspecified atom stereocenters.